The Balaban J connectivity index is 1.61. The van der Waals surface area contributed by atoms with Crippen LogP contribution in [0.4, 0.5) is 0 Å². The zero-order valence-corrected chi connectivity index (χ0v) is 15.7. The van der Waals surface area contributed by atoms with E-state index >= 15 is 0 Å². The van der Waals surface area contributed by atoms with Crippen molar-refractivity contribution in [2.24, 2.45) is 10.9 Å². The number of thiazole rings is 1. The van der Waals surface area contributed by atoms with E-state index in [1.54, 1.807) is 11.3 Å². The summed E-state index contributed by atoms with van der Waals surface area (Å²) in [7, 11) is 0. The molecule has 1 atom stereocenters. The van der Waals surface area contributed by atoms with Gasteiger partial charge in [-0.1, -0.05) is 6.92 Å². The van der Waals surface area contributed by atoms with E-state index in [1.165, 1.54) is 5.01 Å². The number of hydrogen-bond donors (Lipinski definition) is 2. The predicted molar refractivity (Wildman–Crippen MR) is 98.7 cm³/mol. The predicted octanol–water partition coefficient (Wildman–Crippen LogP) is 2.20. The Morgan fingerprint density at radius 3 is 3.08 bits per heavy atom. The molecule has 1 aromatic rings. The number of aromatic nitrogens is 1. The molecule has 2 N–H and O–H groups in total. The summed E-state index contributed by atoms with van der Waals surface area (Å²) >= 11 is 1.71. The first-order chi connectivity index (χ1) is 11.8. The summed E-state index contributed by atoms with van der Waals surface area (Å²) in [5, 5.41) is 9.88. The van der Waals surface area contributed by atoms with Crippen molar-refractivity contribution in [3.63, 3.8) is 0 Å². The highest BCUT2D eigenvalue weighted by Gasteiger charge is 2.15. The van der Waals surface area contributed by atoms with Crippen LogP contribution in [0.3, 0.4) is 0 Å². The van der Waals surface area contributed by atoms with Crippen molar-refractivity contribution in [2.45, 2.75) is 39.7 Å². The van der Waals surface area contributed by atoms with Gasteiger partial charge in [-0.15, -0.1) is 11.3 Å². The second-order valence-electron chi connectivity index (χ2n) is 5.87. The lowest BCUT2D eigenvalue weighted by molar-refractivity contribution is 0.0888. The molecule has 24 heavy (non-hydrogen) atoms. The van der Waals surface area contributed by atoms with Crippen LogP contribution in [0.25, 0.3) is 0 Å². The molecule has 0 saturated carbocycles. The Bertz CT molecular complexity index is 487. The fourth-order valence-electron chi connectivity index (χ4n) is 2.43. The average molecular weight is 355 g/mol. The van der Waals surface area contributed by atoms with E-state index in [-0.39, 0.29) is 0 Å². The molecule has 1 unspecified atom stereocenters. The monoisotopic (exact) mass is 354 g/mol. The van der Waals surface area contributed by atoms with Gasteiger partial charge in [0.2, 0.25) is 0 Å². The van der Waals surface area contributed by atoms with Gasteiger partial charge in [-0.2, -0.15) is 0 Å². The minimum Gasteiger partial charge on any atom is -0.381 e. The third-order valence-electron chi connectivity index (χ3n) is 3.78. The van der Waals surface area contributed by atoms with Crippen LogP contribution in [0.5, 0.6) is 0 Å². The van der Waals surface area contributed by atoms with Gasteiger partial charge in [0.25, 0.3) is 0 Å². The average Bonchev–Trinajstić information content (AvgIpc) is 3.27. The van der Waals surface area contributed by atoms with Crippen LogP contribution >= 0.6 is 11.3 Å². The van der Waals surface area contributed by atoms with Crippen molar-refractivity contribution >= 4 is 17.3 Å². The second-order valence-corrected chi connectivity index (χ2v) is 6.81. The van der Waals surface area contributed by atoms with Gasteiger partial charge in [0.1, 0.15) is 0 Å². The maximum atomic E-state index is 5.71. The third kappa shape index (κ3) is 7.15. The highest BCUT2D eigenvalue weighted by Crippen LogP contribution is 2.12. The molecule has 6 nitrogen and oxygen atoms in total. The number of guanidine groups is 1. The molecule has 7 heteroatoms. The van der Waals surface area contributed by atoms with E-state index in [2.05, 4.69) is 39.8 Å². The lowest BCUT2D eigenvalue weighted by Crippen LogP contribution is -2.38. The molecule has 0 amide bonds. The fraction of sp³-hybridized carbons (Fsp3) is 0.765. The molecule has 1 saturated heterocycles. The lowest BCUT2D eigenvalue weighted by Gasteiger charge is -2.12. The smallest absolute Gasteiger partial charge is 0.191 e. The van der Waals surface area contributed by atoms with E-state index in [4.69, 9.17) is 9.47 Å². The molecular weight excluding hydrogens is 324 g/mol. The van der Waals surface area contributed by atoms with Gasteiger partial charge in [-0.3, -0.25) is 0 Å². The zero-order chi connectivity index (χ0) is 17.0. The van der Waals surface area contributed by atoms with Crippen LogP contribution in [-0.4, -0.2) is 50.5 Å². The van der Waals surface area contributed by atoms with Gasteiger partial charge in [0.15, 0.2) is 5.96 Å². The van der Waals surface area contributed by atoms with E-state index < -0.39 is 0 Å². The summed E-state index contributed by atoms with van der Waals surface area (Å²) < 4.78 is 11.1. The summed E-state index contributed by atoms with van der Waals surface area (Å²) in [6.07, 6.45) is 3.08. The molecule has 0 aromatic carbocycles. The maximum Gasteiger partial charge on any atom is 0.191 e. The zero-order valence-electron chi connectivity index (χ0n) is 14.8. The van der Waals surface area contributed by atoms with Crippen molar-refractivity contribution in [2.75, 3.05) is 39.5 Å². The molecule has 1 aromatic heterocycles. The van der Waals surface area contributed by atoms with Gasteiger partial charge in [0.05, 0.1) is 30.5 Å². The number of nitrogens with zero attached hydrogens (tertiary/aromatic N) is 2. The summed E-state index contributed by atoms with van der Waals surface area (Å²) in [6.45, 7) is 9.84. The molecule has 1 aliphatic rings. The van der Waals surface area contributed by atoms with E-state index in [9.17, 15) is 0 Å². The van der Waals surface area contributed by atoms with Gasteiger partial charge >= 0.3 is 0 Å². The Morgan fingerprint density at radius 2 is 2.38 bits per heavy atom. The quantitative estimate of drug-likeness (QED) is 0.383. The largest absolute Gasteiger partial charge is 0.381 e. The first-order valence-corrected chi connectivity index (χ1v) is 9.80. The first kappa shape index (κ1) is 19.1. The number of ether oxygens (including phenoxy) is 2. The van der Waals surface area contributed by atoms with Crippen LogP contribution in [0.15, 0.2) is 10.4 Å². The van der Waals surface area contributed by atoms with Crippen LogP contribution < -0.4 is 10.6 Å². The molecule has 0 spiro atoms. The van der Waals surface area contributed by atoms with Gasteiger partial charge in [-0.25, -0.2) is 9.98 Å². The topological polar surface area (TPSA) is 67.8 Å². The van der Waals surface area contributed by atoms with E-state index in [1.807, 2.05) is 0 Å². The number of nitrogens with one attached hydrogen (secondary N) is 2. The summed E-state index contributed by atoms with van der Waals surface area (Å²) in [4.78, 5) is 9.14. The molecule has 0 aliphatic carbocycles. The summed E-state index contributed by atoms with van der Waals surface area (Å²) in [5.41, 5.74) is 1.04. The van der Waals surface area contributed by atoms with Gasteiger partial charge in [-0.05, 0) is 26.2 Å². The molecular formula is C17H30N4O2S. The summed E-state index contributed by atoms with van der Waals surface area (Å²) in [5.74, 6) is 1.43. The number of rotatable bonds is 10. The van der Waals surface area contributed by atoms with Gasteiger partial charge in [0, 0.05) is 37.6 Å². The number of aryl methyl sites for hydroxylation is 1. The molecule has 2 rings (SSSR count). The molecule has 136 valence electrons. The van der Waals surface area contributed by atoms with E-state index in [0.717, 1.165) is 70.4 Å². The fourth-order valence-corrected chi connectivity index (χ4v) is 3.17. The molecule has 1 aliphatic heterocycles. The number of hydrogen-bond acceptors (Lipinski definition) is 5. The van der Waals surface area contributed by atoms with Crippen LogP contribution in [0.1, 0.15) is 37.4 Å². The van der Waals surface area contributed by atoms with Crippen molar-refractivity contribution in [3.05, 3.63) is 16.1 Å². The SMILES string of the molecule is CCNC(=NCc1csc(CC)n1)NCCCOCC1CCOC1. The normalized spacial score (nSPS) is 18.1. The van der Waals surface area contributed by atoms with Crippen LogP contribution in [0.2, 0.25) is 0 Å². The first-order valence-electron chi connectivity index (χ1n) is 8.92. The summed E-state index contributed by atoms with van der Waals surface area (Å²) in [6, 6.07) is 0. The van der Waals surface area contributed by atoms with Crippen molar-refractivity contribution in [3.8, 4) is 0 Å². The molecule has 0 bridgehead atoms. The third-order valence-corrected chi connectivity index (χ3v) is 4.82. The Morgan fingerprint density at radius 1 is 1.46 bits per heavy atom. The molecule has 1 fully saturated rings. The van der Waals surface area contributed by atoms with E-state index in [0.29, 0.717) is 12.5 Å². The molecule has 2 heterocycles. The maximum absolute atomic E-state index is 5.71. The van der Waals surface area contributed by atoms with Crippen LogP contribution in [-0.2, 0) is 22.4 Å². The number of aliphatic imine (C=N–C) groups is 1. The van der Waals surface area contributed by atoms with Crippen LogP contribution in [0, 0.1) is 5.92 Å². The van der Waals surface area contributed by atoms with Crippen molar-refractivity contribution in [1.82, 2.24) is 15.6 Å². The van der Waals surface area contributed by atoms with Crippen molar-refractivity contribution < 1.29 is 9.47 Å². The Labute approximate surface area is 149 Å². The Hall–Kier alpha value is -1.18. The lowest BCUT2D eigenvalue weighted by atomic mass is 10.1. The second kappa shape index (κ2) is 11.4. The Kier molecular flexibility index (Phi) is 9.09. The minimum atomic E-state index is 0.586. The van der Waals surface area contributed by atoms with Gasteiger partial charge < -0.3 is 20.1 Å². The van der Waals surface area contributed by atoms with Crippen molar-refractivity contribution in [1.29, 1.82) is 0 Å². The molecule has 0 radical (unpaired) electrons. The minimum absolute atomic E-state index is 0.586. The highest BCUT2D eigenvalue weighted by atomic mass is 32.1. The highest BCUT2D eigenvalue weighted by molar-refractivity contribution is 7.09. The standard InChI is InChI=1S/C17H30N4O2S/c1-3-16-21-15(13-24-16)10-20-17(18-4-2)19-7-5-8-22-11-14-6-9-23-12-14/h13-14H,3-12H2,1-2H3,(H2,18,19,20).